The number of halogens is 2. The van der Waals surface area contributed by atoms with Crippen LogP contribution in [0.4, 0.5) is 11.4 Å². The Morgan fingerprint density at radius 3 is 1.40 bits per heavy atom. The highest BCUT2D eigenvalue weighted by molar-refractivity contribution is 9.08. The van der Waals surface area contributed by atoms with E-state index >= 15 is 0 Å². The number of rotatable bonds is 10. The molecule has 13 heteroatoms. The first-order valence-electron chi connectivity index (χ1n) is 14.1. The maximum Gasteiger partial charge on any atom is 0.340 e. The Labute approximate surface area is 282 Å². The Kier molecular flexibility index (Phi) is 9.01. The van der Waals surface area contributed by atoms with Crippen molar-refractivity contribution in [2.45, 2.75) is 23.5 Å². The Morgan fingerprint density at radius 2 is 1.02 bits per heavy atom. The van der Waals surface area contributed by atoms with Gasteiger partial charge in [0.15, 0.2) is 0 Å². The quantitative estimate of drug-likeness (QED) is 0.0578. The molecule has 0 amide bonds. The molecule has 0 spiro atoms. The van der Waals surface area contributed by atoms with Gasteiger partial charge in [0.2, 0.25) is 0 Å². The molecule has 0 unspecified atom stereocenters. The highest BCUT2D eigenvalue weighted by Crippen LogP contribution is 2.33. The van der Waals surface area contributed by atoms with E-state index in [1.807, 2.05) is 0 Å². The fourth-order valence-corrected chi connectivity index (χ4v) is 6.74. The fraction of sp³-hybridized carbons (Fsp3) is 0.118. The van der Waals surface area contributed by atoms with E-state index in [1.165, 1.54) is 24.3 Å². The predicted octanol–water partition coefficient (Wildman–Crippen LogP) is 8.48. The van der Waals surface area contributed by atoms with Crippen LogP contribution in [0.2, 0.25) is 0 Å². The molecule has 0 N–H and O–H groups in total. The van der Waals surface area contributed by atoms with Crippen molar-refractivity contribution in [2.24, 2.45) is 0 Å². The predicted molar refractivity (Wildman–Crippen MR) is 182 cm³/mol. The number of ether oxygens (including phenoxy) is 1. The number of alkyl halides is 2. The Balaban J connectivity index is 1.30. The third kappa shape index (κ3) is 6.58. The van der Waals surface area contributed by atoms with Crippen molar-refractivity contribution in [3.63, 3.8) is 0 Å². The molecule has 0 bridgehead atoms. The lowest BCUT2D eigenvalue weighted by atomic mass is 9.99. The molecule has 6 rings (SSSR count). The Morgan fingerprint density at radius 1 is 0.596 bits per heavy atom. The summed E-state index contributed by atoms with van der Waals surface area (Å²) in [6, 6.07) is 22.4. The number of hydrogen-bond donors (Lipinski definition) is 0. The average Bonchev–Trinajstić information content (AvgIpc) is 3.05. The summed E-state index contributed by atoms with van der Waals surface area (Å²) >= 11 is 6.95. The average molecular weight is 762 g/mol. The molecular formula is C34H22Br2N2O9. The van der Waals surface area contributed by atoms with Crippen LogP contribution in [0, 0.1) is 20.2 Å². The highest BCUT2D eigenvalue weighted by atomic mass is 79.9. The minimum atomic E-state index is -0.564. The number of fused-ring (bicyclic) bond motifs is 2. The lowest BCUT2D eigenvalue weighted by Gasteiger charge is -2.13. The number of nitro benzene ring substituents is 2. The topological polar surface area (TPSA) is 156 Å². The van der Waals surface area contributed by atoms with E-state index in [1.54, 1.807) is 60.7 Å². The molecule has 0 aliphatic rings. The van der Waals surface area contributed by atoms with Crippen molar-refractivity contribution in [1.82, 2.24) is 0 Å². The van der Waals surface area contributed by atoms with E-state index < -0.39 is 21.1 Å². The van der Waals surface area contributed by atoms with E-state index in [9.17, 15) is 29.8 Å². The third-order valence-electron chi connectivity index (χ3n) is 7.69. The summed E-state index contributed by atoms with van der Waals surface area (Å²) in [4.78, 5) is 47.6. The van der Waals surface area contributed by atoms with Gasteiger partial charge in [-0.3, -0.25) is 20.2 Å². The van der Waals surface area contributed by atoms with Gasteiger partial charge in [-0.05, 0) is 46.5 Å². The summed E-state index contributed by atoms with van der Waals surface area (Å²) in [5.74, 6) is 0.745. The molecule has 2 heterocycles. The summed E-state index contributed by atoms with van der Waals surface area (Å²) in [6.07, 6.45) is 0.315. The van der Waals surface area contributed by atoms with Crippen LogP contribution in [0.5, 0.6) is 11.5 Å². The zero-order valence-corrected chi connectivity index (χ0v) is 27.4. The van der Waals surface area contributed by atoms with Gasteiger partial charge in [0.25, 0.3) is 11.4 Å². The minimum Gasteiger partial charge on any atom is -0.457 e. The molecule has 2 aromatic heterocycles. The van der Waals surface area contributed by atoms with E-state index in [-0.39, 0.29) is 24.2 Å². The third-order valence-corrected chi connectivity index (χ3v) is 8.81. The van der Waals surface area contributed by atoms with Crippen LogP contribution in [0.3, 0.4) is 0 Å². The van der Waals surface area contributed by atoms with Crippen molar-refractivity contribution in [1.29, 1.82) is 0 Å². The van der Waals surface area contributed by atoms with Crippen LogP contribution in [-0.2, 0) is 23.5 Å². The van der Waals surface area contributed by atoms with Crippen LogP contribution in [0.15, 0.2) is 103 Å². The number of nitrogens with zero attached hydrogens (tertiary/aromatic N) is 2. The molecule has 0 saturated heterocycles. The van der Waals surface area contributed by atoms with Crippen LogP contribution in [0.25, 0.3) is 21.9 Å². The van der Waals surface area contributed by atoms with Gasteiger partial charge < -0.3 is 13.6 Å². The van der Waals surface area contributed by atoms with Crippen molar-refractivity contribution in [3.05, 3.63) is 159 Å². The first-order chi connectivity index (χ1) is 22.6. The van der Waals surface area contributed by atoms with Gasteiger partial charge in [0.05, 0.1) is 9.85 Å². The maximum atomic E-state index is 13.1. The summed E-state index contributed by atoms with van der Waals surface area (Å²) in [5, 5.41) is 24.5. The van der Waals surface area contributed by atoms with Gasteiger partial charge in [0.1, 0.15) is 22.7 Å². The molecule has 47 heavy (non-hydrogen) atoms. The van der Waals surface area contributed by atoms with Gasteiger partial charge >= 0.3 is 11.3 Å². The lowest BCUT2D eigenvalue weighted by molar-refractivity contribution is -0.385. The second-order valence-corrected chi connectivity index (χ2v) is 11.7. The van der Waals surface area contributed by atoms with Gasteiger partial charge in [-0.25, -0.2) is 9.59 Å². The fourth-order valence-electron chi connectivity index (χ4n) is 5.46. The van der Waals surface area contributed by atoms with Crippen LogP contribution in [-0.4, -0.2) is 9.85 Å². The summed E-state index contributed by atoms with van der Waals surface area (Å²) < 4.78 is 17.4. The summed E-state index contributed by atoms with van der Waals surface area (Å²) in [5.41, 5.74) is 2.73. The zero-order chi connectivity index (χ0) is 33.2. The molecule has 11 nitrogen and oxygen atoms in total. The number of hydrogen-bond acceptors (Lipinski definition) is 9. The second kappa shape index (κ2) is 13.3. The molecule has 0 saturated carbocycles. The Hall–Kier alpha value is -5.14. The van der Waals surface area contributed by atoms with Gasteiger partial charge in [0, 0.05) is 81.8 Å². The SMILES string of the molecule is O=c1oc2cc(Oc3ccc4c(CBr)c(Cc5cccc([N+](=O)[O-])c5)c(=O)oc4c3)ccc2c(CBr)c1Cc1cccc([N+](=O)[O-])c1. The summed E-state index contributed by atoms with van der Waals surface area (Å²) in [7, 11) is 0. The van der Waals surface area contributed by atoms with Crippen molar-refractivity contribution < 1.29 is 23.4 Å². The van der Waals surface area contributed by atoms with E-state index in [0.29, 0.717) is 77.5 Å². The number of benzene rings is 4. The van der Waals surface area contributed by atoms with Crippen LogP contribution < -0.4 is 16.0 Å². The second-order valence-electron chi connectivity index (χ2n) is 10.6. The largest absolute Gasteiger partial charge is 0.457 e. The smallest absolute Gasteiger partial charge is 0.340 e. The Bertz CT molecular complexity index is 2170. The van der Waals surface area contributed by atoms with E-state index in [2.05, 4.69) is 31.9 Å². The molecular weight excluding hydrogens is 740 g/mol. The molecule has 6 aromatic rings. The molecule has 0 aliphatic carbocycles. The van der Waals surface area contributed by atoms with Crippen LogP contribution in [0.1, 0.15) is 33.4 Å². The standard InChI is InChI=1S/C34H22Br2N2O9/c35-17-29-25-9-7-23(15-31(25)46-33(39)27(29)13-19-3-1-5-21(11-19)37(41)42)45-24-8-10-26-30(18-36)28(34(40)47-32(26)16-24)14-20-4-2-6-22(12-20)38(43)44/h1-12,15-16H,13-14,17-18H2. The molecule has 0 fully saturated rings. The summed E-state index contributed by atoms with van der Waals surface area (Å²) in [6.45, 7) is 0. The van der Waals surface area contributed by atoms with Gasteiger partial charge in [-0.15, -0.1) is 0 Å². The van der Waals surface area contributed by atoms with Crippen molar-refractivity contribution in [3.8, 4) is 11.5 Å². The van der Waals surface area contributed by atoms with Crippen LogP contribution >= 0.6 is 31.9 Å². The number of non-ortho nitro benzene ring substituents is 2. The van der Waals surface area contributed by atoms with E-state index in [4.69, 9.17) is 13.6 Å². The minimum absolute atomic E-state index is 0.0628. The molecule has 0 radical (unpaired) electrons. The highest BCUT2D eigenvalue weighted by Gasteiger charge is 2.19. The molecule has 0 aliphatic heterocycles. The van der Waals surface area contributed by atoms with Crippen molar-refractivity contribution >= 4 is 65.2 Å². The van der Waals surface area contributed by atoms with E-state index in [0.717, 1.165) is 0 Å². The molecule has 4 aromatic carbocycles. The van der Waals surface area contributed by atoms with Gasteiger partial charge in [-0.1, -0.05) is 56.1 Å². The monoisotopic (exact) mass is 760 g/mol. The first-order valence-corrected chi connectivity index (χ1v) is 16.3. The number of nitro groups is 2. The maximum absolute atomic E-state index is 13.1. The normalized spacial score (nSPS) is 11.2. The molecule has 0 atom stereocenters. The van der Waals surface area contributed by atoms with Crippen molar-refractivity contribution in [2.75, 3.05) is 0 Å². The lowest BCUT2D eigenvalue weighted by Crippen LogP contribution is -2.12. The molecule has 236 valence electrons. The van der Waals surface area contributed by atoms with Gasteiger partial charge in [-0.2, -0.15) is 0 Å². The zero-order valence-electron chi connectivity index (χ0n) is 24.2. The first kappa shape index (κ1) is 31.8.